The number of carbonyl (C=O) groups is 1. The summed E-state index contributed by atoms with van der Waals surface area (Å²) in [6, 6.07) is 30.9. The molecule has 3 aromatic rings. The highest BCUT2D eigenvalue weighted by atomic mass is 28.4. The first-order chi connectivity index (χ1) is 18.1. The molecule has 0 aliphatic heterocycles. The first-order valence-electron chi connectivity index (χ1n) is 13.7. The maximum atomic E-state index is 13.2. The predicted octanol–water partition coefficient (Wildman–Crippen LogP) is 5.62. The Morgan fingerprint density at radius 1 is 0.789 bits per heavy atom. The molecule has 0 saturated carbocycles. The largest absolute Gasteiger partial charge is 0.407 e. The predicted molar refractivity (Wildman–Crippen MR) is 158 cm³/mol. The normalized spacial score (nSPS) is 15.4. The molecule has 0 fully saturated rings. The van der Waals surface area contributed by atoms with E-state index < -0.39 is 20.3 Å². The second kappa shape index (κ2) is 13.5. The first-order valence-corrected chi connectivity index (χ1v) is 15.6. The molecule has 0 radical (unpaired) electrons. The summed E-state index contributed by atoms with van der Waals surface area (Å²) in [5, 5.41) is 13.5. The number of aliphatic hydroxyl groups is 1. The highest BCUT2D eigenvalue weighted by Gasteiger charge is 2.50. The van der Waals surface area contributed by atoms with Gasteiger partial charge in [-0.1, -0.05) is 133 Å². The molecule has 0 spiro atoms. The van der Waals surface area contributed by atoms with Gasteiger partial charge in [0, 0.05) is 24.4 Å². The van der Waals surface area contributed by atoms with E-state index in [0.29, 0.717) is 19.8 Å². The van der Waals surface area contributed by atoms with Gasteiger partial charge in [-0.25, -0.2) is 0 Å². The molecule has 0 heterocycles. The lowest BCUT2D eigenvalue weighted by Crippen LogP contribution is -2.67. The van der Waals surface area contributed by atoms with Crippen molar-refractivity contribution in [3.63, 3.8) is 0 Å². The zero-order valence-corrected chi connectivity index (χ0v) is 24.8. The van der Waals surface area contributed by atoms with Crippen molar-refractivity contribution in [3.05, 3.63) is 96.6 Å². The Bertz CT molecular complexity index is 1070. The fourth-order valence-corrected chi connectivity index (χ4v) is 9.90. The second-order valence-electron chi connectivity index (χ2n) is 11.5. The topological polar surface area (TPSA) is 55.8 Å². The van der Waals surface area contributed by atoms with Crippen LogP contribution >= 0.6 is 0 Å². The summed E-state index contributed by atoms with van der Waals surface area (Å²) >= 11 is 0. The zero-order chi connectivity index (χ0) is 27.8. The van der Waals surface area contributed by atoms with E-state index in [4.69, 9.17) is 9.16 Å². The molecule has 0 unspecified atom stereocenters. The Balaban J connectivity index is 1.70. The van der Waals surface area contributed by atoms with Crippen molar-refractivity contribution in [2.75, 3.05) is 13.2 Å². The van der Waals surface area contributed by atoms with E-state index in [9.17, 15) is 9.90 Å². The highest BCUT2D eigenvalue weighted by molar-refractivity contribution is 6.99. The van der Waals surface area contributed by atoms with E-state index in [1.165, 1.54) is 10.4 Å². The number of hydrogen-bond donors (Lipinski definition) is 1. The summed E-state index contributed by atoms with van der Waals surface area (Å²) in [6.45, 7) is 13.6. The summed E-state index contributed by atoms with van der Waals surface area (Å²) in [5.41, 5.74) is 1.08. The average Bonchev–Trinajstić information content (AvgIpc) is 2.93. The molecular weight excluding hydrogens is 488 g/mol. The molecule has 0 aliphatic carbocycles. The summed E-state index contributed by atoms with van der Waals surface area (Å²) < 4.78 is 12.8. The molecule has 1 N–H and O–H groups in total. The number of hydrogen-bond acceptors (Lipinski definition) is 4. The number of ether oxygens (including phenoxy) is 1. The van der Waals surface area contributed by atoms with Crippen molar-refractivity contribution in [3.8, 4) is 0 Å². The van der Waals surface area contributed by atoms with Crippen molar-refractivity contribution in [1.29, 1.82) is 0 Å². The molecule has 3 aromatic carbocycles. The number of carbonyl (C=O) groups excluding carboxylic acids is 1. The van der Waals surface area contributed by atoms with Gasteiger partial charge >= 0.3 is 0 Å². The van der Waals surface area contributed by atoms with Gasteiger partial charge in [-0.15, -0.1) is 0 Å². The average molecular weight is 533 g/mol. The van der Waals surface area contributed by atoms with Gasteiger partial charge < -0.3 is 14.3 Å². The fraction of sp³-hybridized carbons (Fsp3) is 0.424. The Morgan fingerprint density at radius 3 is 1.74 bits per heavy atom. The van der Waals surface area contributed by atoms with Gasteiger partial charge in [0.05, 0.1) is 19.3 Å². The smallest absolute Gasteiger partial charge is 0.261 e. The van der Waals surface area contributed by atoms with E-state index >= 15 is 0 Å². The lowest BCUT2D eigenvalue weighted by Gasteiger charge is -2.44. The van der Waals surface area contributed by atoms with E-state index in [0.717, 1.165) is 5.56 Å². The molecule has 204 valence electrons. The maximum Gasteiger partial charge on any atom is 0.261 e. The molecule has 5 heteroatoms. The standard InChI is InChI=1S/C33H44O4Si/c1-25(22-36-24-28-16-10-7-11-17-28)31(34)27(3)32(35)26(2)23-37-38(33(4,5)6,29-18-12-8-13-19-29)30-20-14-9-15-21-30/h7-21,25-27,32,35H,22-24H2,1-6H3/t25-,26+,27-,32-/m0/s1. The SMILES string of the molecule is C[C@H](CO[Si](c1ccccc1)(c1ccccc1)C(C)(C)C)[C@H](O)[C@@H](C)C(=O)[C@@H](C)COCc1ccccc1. The lowest BCUT2D eigenvalue weighted by atomic mass is 9.86. The van der Waals surface area contributed by atoms with Crippen LogP contribution in [0.5, 0.6) is 0 Å². The van der Waals surface area contributed by atoms with E-state index in [2.05, 4.69) is 69.3 Å². The molecule has 0 bridgehead atoms. The second-order valence-corrected chi connectivity index (χ2v) is 15.8. The monoisotopic (exact) mass is 532 g/mol. The highest BCUT2D eigenvalue weighted by Crippen LogP contribution is 2.37. The number of Topliss-reactive ketones (excluding diaryl/α,β-unsaturated/α-hetero) is 1. The van der Waals surface area contributed by atoms with Crippen molar-refractivity contribution in [1.82, 2.24) is 0 Å². The Morgan fingerprint density at radius 2 is 1.26 bits per heavy atom. The Hall–Kier alpha value is -2.57. The van der Waals surface area contributed by atoms with Crippen molar-refractivity contribution in [2.24, 2.45) is 17.8 Å². The van der Waals surface area contributed by atoms with Crippen LogP contribution in [-0.4, -0.2) is 38.5 Å². The summed E-state index contributed by atoms with van der Waals surface area (Å²) in [4.78, 5) is 13.2. The van der Waals surface area contributed by atoms with Crippen molar-refractivity contribution in [2.45, 2.75) is 59.3 Å². The van der Waals surface area contributed by atoms with Gasteiger partial charge in [-0.3, -0.25) is 4.79 Å². The van der Waals surface area contributed by atoms with Gasteiger partial charge in [-0.2, -0.15) is 0 Å². The van der Waals surface area contributed by atoms with Gasteiger partial charge in [0.2, 0.25) is 0 Å². The van der Waals surface area contributed by atoms with Crippen LogP contribution in [0.3, 0.4) is 0 Å². The Kier molecular flexibility index (Phi) is 10.6. The lowest BCUT2D eigenvalue weighted by molar-refractivity contribution is -0.132. The van der Waals surface area contributed by atoms with Gasteiger partial charge in [0.1, 0.15) is 5.78 Å². The third-order valence-electron chi connectivity index (χ3n) is 7.49. The molecule has 4 atom stereocenters. The molecule has 38 heavy (non-hydrogen) atoms. The fourth-order valence-electron chi connectivity index (χ4n) is 5.24. The van der Waals surface area contributed by atoms with Crippen LogP contribution in [0.15, 0.2) is 91.0 Å². The van der Waals surface area contributed by atoms with Gasteiger partial charge in [0.15, 0.2) is 0 Å². The van der Waals surface area contributed by atoms with Crippen LogP contribution in [0.4, 0.5) is 0 Å². The van der Waals surface area contributed by atoms with Crippen molar-refractivity contribution >= 4 is 24.5 Å². The number of benzene rings is 3. The van der Waals surface area contributed by atoms with Crippen LogP contribution in [0.25, 0.3) is 0 Å². The third kappa shape index (κ3) is 7.09. The van der Waals surface area contributed by atoms with Gasteiger partial charge in [-0.05, 0) is 21.0 Å². The maximum absolute atomic E-state index is 13.2. The van der Waals surface area contributed by atoms with E-state index in [1.54, 1.807) is 0 Å². The zero-order valence-electron chi connectivity index (χ0n) is 23.8. The minimum absolute atomic E-state index is 0.0165. The minimum atomic E-state index is -2.71. The summed E-state index contributed by atoms with van der Waals surface area (Å²) in [7, 11) is -2.71. The van der Waals surface area contributed by atoms with E-state index in [-0.39, 0.29) is 22.7 Å². The first kappa shape index (κ1) is 30.0. The summed E-state index contributed by atoms with van der Waals surface area (Å²) in [5.74, 6) is -1.01. The van der Waals surface area contributed by atoms with Crippen LogP contribution in [0.1, 0.15) is 47.1 Å². The van der Waals surface area contributed by atoms with Crippen LogP contribution < -0.4 is 10.4 Å². The van der Waals surface area contributed by atoms with E-state index in [1.807, 2.05) is 63.2 Å². The minimum Gasteiger partial charge on any atom is -0.407 e. The third-order valence-corrected chi connectivity index (χ3v) is 12.5. The van der Waals surface area contributed by atoms with Crippen LogP contribution in [-0.2, 0) is 20.6 Å². The van der Waals surface area contributed by atoms with Gasteiger partial charge in [0.25, 0.3) is 8.32 Å². The number of rotatable bonds is 13. The molecule has 0 saturated heterocycles. The molecule has 4 nitrogen and oxygen atoms in total. The molecule has 3 rings (SSSR count). The summed E-state index contributed by atoms with van der Waals surface area (Å²) in [6.07, 6.45) is -0.808. The van der Waals surface area contributed by atoms with Crippen LogP contribution in [0, 0.1) is 17.8 Å². The molecule has 0 amide bonds. The molecule has 0 aliphatic rings. The molecule has 0 aromatic heterocycles. The van der Waals surface area contributed by atoms with Crippen molar-refractivity contribution < 1.29 is 19.1 Å². The Labute approximate surface area is 230 Å². The molecular formula is C33H44O4Si. The number of aliphatic hydroxyl groups excluding tert-OH is 1. The quantitative estimate of drug-likeness (QED) is 0.291. The van der Waals surface area contributed by atoms with Crippen LogP contribution in [0.2, 0.25) is 5.04 Å². The number of ketones is 1.